The molecule has 1 unspecified atom stereocenters. The van der Waals surface area contributed by atoms with Crippen LogP contribution < -0.4 is 0 Å². The molecule has 1 aromatic heterocycles. The van der Waals surface area contributed by atoms with Crippen molar-refractivity contribution in [3.8, 4) is 11.5 Å². The zero-order valence-corrected chi connectivity index (χ0v) is 14.6. The molecule has 3 rings (SSSR count). The van der Waals surface area contributed by atoms with Gasteiger partial charge in [-0.05, 0) is 25.5 Å². The highest BCUT2D eigenvalue weighted by Gasteiger charge is 2.22. The monoisotopic (exact) mass is 329 g/mol. The molecule has 0 radical (unpaired) electrons. The van der Waals surface area contributed by atoms with Crippen LogP contribution in [0.5, 0.6) is 0 Å². The van der Waals surface area contributed by atoms with Crippen LogP contribution in [-0.4, -0.2) is 58.7 Å². The third-order valence-electron chi connectivity index (χ3n) is 4.84. The average molecular weight is 329 g/mol. The maximum absolute atomic E-state index is 9.43. The number of rotatable bonds is 6. The Kier molecular flexibility index (Phi) is 5.66. The third kappa shape index (κ3) is 4.04. The second-order valence-electron chi connectivity index (χ2n) is 6.57. The Hall–Kier alpha value is -1.69. The predicted octanol–water partition coefficient (Wildman–Crippen LogP) is 2.54. The van der Waals surface area contributed by atoms with E-state index in [2.05, 4.69) is 40.8 Å². The first-order valence-corrected chi connectivity index (χ1v) is 8.78. The van der Waals surface area contributed by atoms with E-state index in [1.165, 1.54) is 5.56 Å². The summed E-state index contributed by atoms with van der Waals surface area (Å²) in [6.07, 6.45) is 2.77. The van der Waals surface area contributed by atoms with E-state index in [0.29, 0.717) is 11.9 Å². The van der Waals surface area contributed by atoms with Crippen molar-refractivity contribution in [2.75, 3.05) is 32.8 Å². The number of aliphatic hydroxyl groups is 1. The summed E-state index contributed by atoms with van der Waals surface area (Å²) < 4.78 is 5.65. The molecule has 2 aromatic rings. The van der Waals surface area contributed by atoms with Crippen molar-refractivity contribution in [3.63, 3.8) is 0 Å². The largest absolute Gasteiger partial charge is 0.444 e. The van der Waals surface area contributed by atoms with Gasteiger partial charge in [-0.3, -0.25) is 9.80 Å². The van der Waals surface area contributed by atoms with Crippen molar-refractivity contribution < 1.29 is 9.52 Å². The SMILES string of the molecule is CCC(CO)N1CCN(Cc2coc(-c3ccc(C)cc3)n2)CC1. The minimum absolute atomic E-state index is 0.250. The molecule has 1 aliphatic rings. The van der Waals surface area contributed by atoms with Crippen LogP contribution in [-0.2, 0) is 6.54 Å². The zero-order chi connectivity index (χ0) is 16.9. The number of oxazole rings is 1. The minimum Gasteiger partial charge on any atom is -0.444 e. The van der Waals surface area contributed by atoms with Crippen LogP contribution in [0.4, 0.5) is 0 Å². The molecule has 24 heavy (non-hydrogen) atoms. The molecule has 1 aromatic carbocycles. The highest BCUT2D eigenvalue weighted by molar-refractivity contribution is 5.53. The van der Waals surface area contributed by atoms with E-state index in [0.717, 1.165) is 50.4 Å². The molecule has 5 heteroatoms. The highest BCUT2D eigenvalue weighted by Crippen LogP contribution is 2.20. The number of nitrogens with zero attached hydrogens (tertiary/aromatic N) is 3. The first-order valence-electron chi connectivity index (χ1n) is 8.78. The summed E-state index contributed by atoms with van der Waals surface area (Å²) in [4.78, 5) is 9.41. The van der Waals surface area contributed by atoms with Gasteiger partial charge >= 0.3 is 0 Å². The predicted molar refractivity (Wildman–Crippen MR) is 94.7 cm³/mol. The molecule has 0 amide bonds. The van der Waals surface area contributed by atoms with Gasteiger partial charge in [-0.15, -0.1) is 0 Å². The van der Waals surface area contributed by atoms with Crippen molar-refractivity contribution >= 4 is 0 Å². The Bertz CT molecular complexity index is 626. The van der Waals surface area contributed by atoms with E-state index in [1.807, 2.05) is 12.1 Å². The molecule has 2 heterocycles. The second-order valence-corrected chi connectivity index (χ2v) is 6.57. The van der Waals surface area contributed by atoms with Crippen LogP contribution >= 0.6 is 0 Å². The number of hydrogen-bond donors (Lipinski definition) is 1. The van der Waals surface area contributed by atoms with Gasteiger partial charge in [0.05, 0.1) is 12.3 Å². The average Bonchev–Trinajstić information content (AvgIpc) is 3.06. The number of aryl methyl sites for hydroxylation is 1. The fourth-order valence-corrected chi connectivity index (χ4v) is 3.23. The maximum atomic E-state index is 9.43. The van der Waals surface area contributed by atoms with Gasteiger partial charge < -0.3 is 9.52 Å². The first kappa shape index (κ1) is 17.1. The van der Waals surface area contributed by atoms with Crippen LogP contribution in [0.3, 0.4) is 0 Å². The fourth-order valence-electron chi connectivity index (χ4n) is 3.23. The van der Waals surface area contributed by atoms with Gasteiger partial charge in [-0.25, -0.2) is 4.98 Å². The normalized spacial score (nSPS) is 18.0. The summed E-state index contributed by atoms with van der Waals surface area (Å²) in [5.41, 5.74) is 3.23. The zero-order valence-electron chi connectivity index (χ0n) is 14.6. The van der Waals surface area contributed by atoms with Gasteiger partial charge in [0.1, 0.15) is 6.26 Å². The molecule has 130 valence electrons. The van der Waals surface area contributed by atoms with Gasteiger partial charge in [0.15, 0.2) is 0 Å². The number of aliphatic hydroxyl groups excluding tert-OH is 1. The Morgan fingerprint density at radius 3 is 2.50 bits per heavy atom. The molecular formula is C19H27N3O2. The molecule has 1 aliphatic heterocycles. The Balaban J connectivity index is 1.55. The lowest BCUT2D eigenvalue weighted by Gasteiger charge is -2.38. The van der Waals surface area contributed by atoms with Crippen molar-refractivity contribution in [3.05, 3.63) is 41.8 Å². The molecule has 0 bridgehead atoms. The molecule has 1 N–H and O–H groups in total. The van der Waals surface area contributed by atoms with Gasteiger partial charge in [0.25, 0.3) is 0 Å². The van der Waals surface area contributed by atoms with E-state index < -0.39 is 0 Å². The Morgan fingerprint density at radius 2 is 1.88 bits per heavy atom. The van der Waals surface area contributed by atoms with Crippen molar-refractivity contribution in [2.45, 2.75) is 32.9 Å². The number of benzene rings is 1. The van der Waals surface area contributed by atoms with Crippen LogP contribution in [0.15, 0.2) is 34.9 Å². The number of piperazine rings is 1. The van der Waals surface area contributed by atoms with E-state index in [4.69, 9.17) is 4.42 Å². The molecule has 5 nitrogen and oxygen atoms in total. The lowest BCUT2D eigenvalue weighted by Crippen LogP contribution is -2.50. The quantitative estimate of drug-likeness (QED) is 0.883. The topological polar surface area (TPSA) is 52.7 Å². The van der Waals surface area contributed by atoms with Crippen LogP contribution in [0.1, 0.15) is 24.6 Å². The van der Waals surface area contributed by atoms with Gasteiger partial charge in [0, 0.05) is 44.3 Å². The van der Waals surface area contributed by atoms with Gasteiger partial charge in [0.2, 0.25) is 5.89 Å². The lowest BCUT2D eigenvalue weighted by atomic mass is 10.1. The summed E-state index contributed by atoms with van der Waals surface area (Å²) >= 11 is 0. The van der Waals surface area contributed by atoms with Crippen LogP contribution in [0, 0.1) is 6.92 Å². The molecule has 0 saturated carbocycles. The molecule has 0 aliphatic carbocycles. The maximum Gasteiger partial charge on any atom is 0.226 e. The van der Waals surface area contributed by atoms with E-state index in [9.17, 15) is 5.11 Å². The summed E-state index contributed by atoms with van der Waals surface area (Å²) in [7, 11) is 0. The van der Waals surface area contributed by atoms with E-state index in [1.54, 1.807) is 6.26 Å². The van der Waals surface area contributed by atoms with E-state index >= 15 is 0 Å². The summed E-state index contributed by atoms with van der Waals surface area (Å²) in [5, 5.41) is 9.43. The fraction of sp³-hybridized carbons (Fsp3) is 0.526. The molecular weight excluding hydrogens is 302 g/mol. The van der Waals surface area contributed by atoms with Crippen LogP contribution in [0.2, 0.25) is 0 Å². The standard InChI is InChI=1S/C19H27N3O2/c1-3-18(13-23)22-10-8-21(9-11-22)12-17-14-24-19(20-17)16-6-4-15(2)5-7-16/h4-7,14,18,23H,3,8-13H2,1-2H3. The lowest BCUT2D eigenvalue weighted by molar-refractivity contribution is 0.0603. The van der Waals surface area contributed by atoms with Gasteiger partial charge in [-0.1, -0.05) is 24.6 Å². The first-order chi connectivity index (χ1) is 11.7. The number of hydrogen-bond acceptors (Lipinski definition) is 5. The van der Waals surface area contributed by atoms with Crippen molar-refractivity contribution in [1.82, 2.24) is 14.8 Å². The van der Waals surface area contributed by atoms with Crippen molar-refractivity contribution in [1.29, 1.82) is 0 Å². The third-order valence-corrected chi connectivity index (χ3v) is 4.84. The summed E-state index contributed by atoms with van der Waals surface area (Å²) in [6, 6.07) is 8.54. The number of aromatic nitrogens is 1. The summed E-state index contributed by atoms with van der Waals surface area (Å²) in [6.45, 7) is 9.29. The highest BCUT2D eigenvalue weighted by atomic mass is 16.3. The van der Waals surface area contributed by atoms with E-state index in [-0.39, 0.29) is 6.61 Å². The molecule has 0 spiro atoms. The van der Waals surface area contributed by atoms with Gasteiger partial charge in [-0.2, -0.15) is 0 Å². The molecule has 1 atom stereocenters. The summed E-state index contributed by atoms with van der Waals surface area (Å²) in [5.74, 6) is 0.690. The second kappa shape index (κ2) is 7.92. The minimum atomic E-state index is 0.250. The Labute approximate surface area is 143 Å². The van der Waals surface area contributed by atoms with Crippen molar-refractivity contribution in [2.24, 2.45) is 0 Å². The smallest absolute Gasteiger partial charge is 0.226 e. The Morgan fingerprint density at radius 1 is 1.17 bits per heavy atom. The molecule has 1 saturated heterocycles. The molecule has 1 fully saturated rings. The van der Waals surface area contributed by atoms with Crippen LogP contribution in [0.25, 0.3) is 11.5 Å².